The van der Waals surface area contributed by atoms with Crippen LogP contribution in [0.25, 0.3) is 6.08 Å². The molecule has 0 fully saturated rings. The van der Waals surface area contributed by atoms with Crippen LogP contribution in [0.3, 0.4) is 0 Å². The van der Waals surface area contributed by atoms with Crippen molar-refractivity contribution < 1.29 is 0 Å². The summed E-state index contributed by atoms with van der Waals surface area (Å²) in [5.41, 5.74) is 2.77. The van der Waals surface area contributed by atoms with E-state index in [2.05, 4.69) is 30.4 Å². The van der Waals surface area contributed by atoms with Crippen LogP contribution in [0.15, 0.2) is 29.2 Å². The Morgan fingerprint density at radius 2 is 2.25 bits per heavy atom. The van der Waals surface area contributed by atoms with Crippen molar-refractivity contribution >= 4 is 18.0 Å². The van der Waals surface area contributed by atoms with Crippen molar-refractivity contribution in [3.8, 4) is 0 Å². The van der Waals surface area contributed by atoms with Gasteiger partial charge in [-0.1, -0.05) is 18.2 Å². The molecule has 1 aliphatic rings. The number of allylic oxidation sites excluding steroid dienone is 1. The average molecular weight is 177 g/mol. The Hall–Kier alpha value is -0.730. The lowest BCUT2D eigenvalue weighted by Gasteiger charge is -2.10. The first-order chi connectivity index (χ1) is 5.90. The molecule has 1 aromatic carbocycles. The third-order valence-electron chi connectivity index (χ3n) is 2.13. The largest absolute Gasteiger partial charge is 0.274 e. The van der Waals surface area contributed by atoms with Gasteiger partial charge in [-0.2, -0.15) is 0 Å². The van der Waals surface area contributed by atoms with E-state index < -0.39 is 0 Å². The Kier molecular flexibility index (Phi) is 2.19. The predicted molar refractivity (Wildman–Crippen MR) is 53.8 cm³/mol. The second kappa shape index (κ2) is 3.33. The number of hydrogen-bond donors (Lipinski definition) is 1. The van der Waals surface area contributed by atoms with E-state index in [4.69, 9.17) is 5.14 Å². The normalized spacial score (nSPS) is 14.4. The first kappa shape index (κ1) is 7.90. The van der Waals surface area contributed by atoms with Gasteiger partial charge in [-0.05, 0) is 48.0 Å². The van der Waals surface area contributed by atoms with Gasteiger partial charge in [-0.15, -0.1) is 0 Å². The highest BCUT2D eigenvalue weighted by atomic mass is 32.2. The van der Waals surface area contributed by atoms with Crippen molar-refractivity contribution in [1.29, 1.82) is 0 Å². The van der Waals surface area contributed by atoms with E-state index in [9.17, 15) is 0 Å². The van der Waals surface area contributed by atoms with Crippen molar-refractivity contribution in [2.45, 2.75) is 17.7 Å². The minimum absolute atomic E-state index is 1.14. The lowest BCUT2D eigenvalue weighted by Crippen LogP contribution is -1.94. The van der Waals surface area contributed by atoms with Crippen LogP contribution < -0.4 is 5.14 Å². The summed E-state index contributed by atoms with van der Waals surface area (Å²) in [6, 6.07) is 6.41. The third-order valence-corrected chi connectivity index (χ3v) is 2.66. The molecule has 2 heteroatoms. The van der Waals surface area contributed by atoms with Crippen LogP contribution in [0, 0.1) is 0 Å². The molecular weight excluding hydrogens is 166 g/mol. The number of rotatable bonds is 1. The first-order valence-electron chi connectivity index (χ1n) is 4.06. The van der Waals surface area contributed by atoms with E-state index in [0.29, 0.717) is 0 Å². The van der Waals surface area contributed by atoms with Gasteiger partial charge in [0.05, 0.1) is 0 Å². The van der Waals surface area contributed by atoms with Crippen molar-refractivity contribution in [2.24, 2.45) is 5.14 Å². The number of hydrogen-bond acceptors (Lipinski definition) is 2. The molecule has 0 spiro atoms. The minimum atomic E-state index is 1.14. The van der Waals surface area contributed by atoms with Crippen molar-refractivity contribution in [3.05, 3.63) is 35.4 Å². The summed E-state index contributed by atoms with van der Waals surface area (Å²) in [6.07, 6.45) is 6.73. The summed E-state index contributed by atoms with van der Waals surface area (Å²) in [4.78, 5) is 1.14. The van der Waals surface area contributed by atoms with Crippen molar-refractivity contribution in [3.63, 3.8) is 0 Å². The van der Waals surface area contributed by atoms with Crippen LogP contribution in [0.1, 0.15) is 17.5 Å². The van der Waals surface area contributed by atoms with Gasteiger partial charge in [-0.3, -0.25) is 5.14 Å². The molecule has 0 atom stereocenters. The molecule has 0 heterocycles. The molecule has 0 saturated heterocycles. The maximum absolute atomic E-state index is 5.48. The quantitative estimate of drug-likeness (QED) is 0.667. The highest BCUT2D eigenvalue weighted by Crippen LogP contribution is 2.23. The smallest absolute Gasteiger partial charge is 0.0232 e. The summed E-state index contributed by atoms with van der Waals surface area (Å²) in [5.74, 6) is 0. The Labute approximate surface area is 76.8 Å². The third kappa shape index (κ3) is 1.40. The second-order valence-electron chi connectivity index (χ2n) is 2.92. The molecule has 0 bridgehead atoms. The van der Waals surface area contributed by atoms with E-state index in [1.165, 1.54) is 35.9 Å². The summed E-state index contributed by atoms with van der Waals surface area (Å²) >= 11 is 1.31. The van der Waals surface area contributed by atoms with E-state index in [1.807, 2.05) is 0 Å². The maximum atomic E-state index is 5.48. The van der Waals surface area contributed by atoms with E-state index in [-0.39, 0.29) is 0 Å². The minimum Gasteiger partial charge on any atom is -0.274 e. The molecule has 62 valence electrons. The summed E-state index contributed by atoms with van der Waals surface area (Å²) in [5, 5.41) is 5.48. The Morgan fingerprint density at radius 1 is 1.33 bits per heavy atom. The van der Waals surface area contributed by atoms with Gasteiger partial charge in [0, 0.05) is 4.90 Å². The van der Waals surface area contributed by atoms with E-state index >= 15 is 0 Å². The van der Waals surface area contributed by atoms with Gasteiger partial charge in [0.2, 0.25) is 0 Å². The Balaban J connectivity index is 2.44. The zero-order chi connectivity index (χ0) is 8.39. The topological polar surface area (TPSA) is 26.0 Å². The van der Waals surface area contributed by atoms with Crippen LogP contribution in [0.2, 0.25) is 0 Å². The monoisotopic (exact) mass is 177 g/mol. The molecule has 0 unspecified atom stereocenters. The van der Waals surface area contributed by atoms with Crippen LogP contribution in [0.5, 0.6) is 0 Å². The highest BCUT2D eigenvalue weighted by molar-refractivity contribution is 7.97. The molecular formula is C10H11NS. The number of fused-ring (bicyclic) bond motifs is 1. The molecule has 0 saturated carbocycles. The van der Waals surface area contributed by atoms with Crippen molar-refractivity contribution in [1.82, 2.24) is 0 Å². The molecule has 12 heavy (non-hydrogen) atoms. The highest BCUT2D eigenvalue weighted by Gasteiger charge is 2.03. The molecule has 1 aromatic rings. The van der Waals surface area contributed by atoms with Crippen LogP contribution in [-0.4, -0.2) is 0 Å². The molecule has 0 radical (unpaired) electrons. The number of benzene rings is 1. The van der Waals surface area contributed by atoms with Gasteiger partial charge in [0.1, 0.15) is 0 Å². The lowest BCUT2D eigenvalue weighted by atomic mass is 9.98. The fourth-order valence-corrected chi connectivity index (χ4v) is 1.82. The fraction of sp³-hybridized carbons (Fsp3) is 0.200. The molecule has 2 N–H and O–H groups in total. The average Bonchev–Trinajstić information content (AvgIpc) is 2.17. The molecule has 1 nitrogen and oxygen atoms in total. The lowest BCUT2D eigenvalue weighted by molar-refractivity contribution is 0.981. The van der Waals surface area contributed by atoms with Crippen LogP contribution >= 0.6 is 11.9 Å². The van der Waals surface area contributed by atoms with Gasteiger partial charge < -0.3 is 0 Å². The second-order valence-corrected chi connectivity index (χ2v) is 3.63. The van der Waals surface area contributed by atoms with Crippen molar-refractivity contribution in [2.75, 3.05) is 0 Å². The van der Waals surface area contributed by atoms with Gasteiger partial charge in [0.25, 0.3) is 0 Å². The SMILES string of the molecule is NSc1ccc2c(c1)C=CCC2. The molecule has 2 rings (SSSR count). The fourth-order valence-electron chi connectivity index (χ4n) is 1.48. The first-order valence-corrected chi connectivity index (χ1v) is 4.94. The zero-order valence-electron chi connectivity index (χ0n) is 6.79. The van der Waals surface area contributed by atoms with Gasteiger partial charge in [-0.25, -0.2) is 0 Å². The summed E-state index contributed by atoms with van der Waals surface area (Å²) < 4.78 is 0. The summed E-state index contributed by atoms with van der Waals surface area (Å²) in [7, 11) is 0. The molecule has 0 aliphatic heterocycles. The summed E-state index contributed by atoms with van der Waals surface area (Å²) in [6.45, 7) is 0. The van der Waals surface area contributed by atoms with Gasteiger partial charge >= 0.3 is 0 Å². The standard InChI is InChI=1S/C10H11NS/c11-12-10-6-5-8-3-1-2-4-9(8)7-10/h2,4-7H,1,3,11H2. The van der Waals surface area contributed by atoms with Gasteiger partial charge in [0.15, 0.2) is 0 Å². The zero-order valence-corrected chi connectivity index (χ0v) is 7.60. The Morgan fingerprint density at radius 3 is 3.08 bits per heavy atom. The number of nitrogens with two attached hydrogens (primary N) is 1. The van der Waals surface area contributed by atoms with E-state index in [1.54, 1.807) is 0 Å². The van der Waals surface area contributed by atoms with Crippen LogP contribution in [0.4, 0.5) is 0 Å². The maximum Gasteiger partial charge on any atom is 0.0232 e. The van der Waals surface area contributed by atoms with E-state index in [0.717, 1.165) is 4.90 Å². The predicted octanol–water partition coefficient (Wildman–Crippen LogP) is 2.61. The molecule has 0 aromatic heterocycles. The Bertz CT molecular complexity index is 318. The van der Waals surface area contributed by atoms with Crippen LogP contribution in [-0.2, 0) is 6.42 Å². The number of aryl methyl sites for hydroxylation is 1. The molecule has 1 aliphatic carbocycles. The molecule has 0 amide bonds.